The van der Waals surface area contributed by atoms with E-state index in [2.05, 4.69) is 20.4 Å². The standard InChI is InChI=1S/C28H27F4N3O5/c1-14(34-25(36)16-4-5-16)24-23(26(37)33-12-18-6-8-19(29)11-20(18)30)35-27(40-24)17-7-9-21(39-28(31)32)22(10-17)38-13-15-2-3-15/h6-11,14-16,28H,2-5,12-13H2,1H3,(H,33,37)(H,34,36)/t14-/m0/s1. The van der Waals surface area contributed by atoms with Gasteiger partial charge in [-0.1, -0.05) is 6.07 Å². The number of ether oxygens (including phenoxy) is 2. The number of benzene rings is 2. The lowest BCUT2D eigenvalue weighted by Gasteiger charge is -2.13. The van der Waals surface area contributed by atoms with Gasteiger partial charge in [-0.25, -0.2) is 13.8 Å². The normalized spacial score (nSPS) is 15.6. The van der Waals surface area contributed by atoms with Crippen LogP contribution in [-0.2, 0) is 11.3 Å². The summed E-state index contributed by atoms with van der Waals surface area (Å²) in [7, 11) is 0. The van der Waals surface area contributed by atoms with Gasteiger partial charge in [0.25, 0.3) is 5.91 Å². The predicted molar refractivity (Wildman–Crippen MR) is 134 cm³/mol. The van der Waals surface area contributed by atoms with E-state index in [0.717, 1.165) is 31.7 Å². The number of oxazole rings is 1. The highest BCUT2D eigenvalue weighted by atomic mass is 19.3. The average molecular weight is 562 g/mol. The Bertz CT molecular complexity index is 1400. The van der Waals surface area contributed by atoms with E-state index in [1.807, 2.05) is 0 Å². The van der Waals surface area contributed by atoms with Gasteiger partial charge in [0.15, 0.2) is 23.0 Å². The monoisotopic (exact) mass is 561 g/mol. The predicted octanol–water partition coefficient (Wildman–Crippen LogP) is 5.53. The molecule has 40 heavy (non-hydrogen) atoms. The lowest BCUT2D eigenvalue weighted by atomic mass is 10.1. The summed E-state index contributed by atoms with van der Waals surface area (Å²) in [6.45, 7) is -1.35. The van der Waals surface area contributed by atoms with E-state index in [4.69, 9.17) is 9.15 Å². The first-order valence-corrected chi connectivity index (χ1v) is 12.9. The van der Waals surface area contributed by atoms with Gasteiger partial charge in [-0.05, 0) is 62.8 Å². The van der Waals surface area contributed by atoms with Gasteiger partial charge >= 0.3 is 6.61 Å². The average Bonchev–Trinajstić information content (AvgIpc) is 3.84. The maximum atomic E-state index is 14.1. The number of aromatic nitrogens is 1. The SMILES string of the molecule is C[C@H](NC(=O)C1CC1)c1oc(-c2ccc(OC(F)F)c(OCC3CC3)c2)nc1C(=O)NCc1ccc(F)cc1F. The molecule has 1 heterocycles. The van der Waals surface area contributed by atoms with Gasteiger partial charge in [0, 0.05) is 29.7 Å². The van der Waals surface area contributed by atoms with Crippen LogP contribution in [0.2, 0.25) is 0 Å². The van der Waals surface area contributed by atoms with Crippen molar-refractivity contribution in [1.82, 2.24) is 15.6 Å². The molecule has 0 aliphatic heterocycles. The summed E-state index contributed by atoms with van der Waals surface area (Å²) in [5.41, 5.74) is 0.217. The smallest absolute Gasteiger partial charge is 0.387 e. The van der Waals surface area contributed by atoms with Gasteiger partial charge in [-0.2, -0.15) is 8.78 Å². The second kappa shape index (κ2) is 11.6. The maximum Gasteiger partial charge on any atom is 0.387 e. The third-order valence-electron chi connectivity index (χ3n) is 6.60. The second-order valence-corrected chi connectivity index (χ2v) is 9.95. The van der Waals surface area contributed by atoms with Crippen LogP contribution in [0.25, 0.3) is 11.5 Å². The van der Waals surface area contributed by atoms with Crippen LogP contribution in [0.1, 0.15) is 60.5 Å². The molecular weight excluding hydrogens is 534 g/mol. The van der Waals surface area contributed by atoms with Crippen LogP contribution < -0.4 is 20.1 Å². The number of nitrogens with one attached hydrogen (secondary N) is 2. The summed E-state index contributed by atoms with van der Waals surface area (Å²) in [5, 5.41) is 5.35. The molecule has 8 nitrogen and oxygen atoms in total. The molecule has 0 radical (unpaired) electrons. The van der Waals surface area contributed by atoms with Gasteiger partial charge in [0.2, 0.25) is 11.8 Å². The number of rotatable bonds is 12. The van der Waals surface area contributed by atoms with Crippen LogP contribution in [0, 0.1) is 23.5 Å². The first-order chi connectivity index (χ1) is 19.2. The molecule has 2 amide bonds. The second-order valence-electron chi connectivity index (χ2n) is 9.95. The summed E-state index contributed by atoms with van der Waals surface area (Å²) < 4.78 is 69.5. The van der Waals surface area contributed by atoms with E-state index in [1.54, 1.807) is 6.92 Å². The highest BCUT2D eigenvalue weighted by Crippen LogP contribution is 2.37. The minimum atomic E-state index is -3.06. The first kappa shape index (κ1) is 27.5. The minimum Gasteiger partial charge on any atom is -0.489 e. The molecule has 0 spiro atoms. The molecule has 2 saturated carbocycles. The maximum absolute atomic E-state index is 14.1. The Morgan fingerprint density at radius 3 is 2.52 bits per heavy atom. The largest absolute Gasteiger partial charge is 0.489 e. The van der Waals surface area contributed by atoms with Crippen LogP contribution >= 0.6 is 0 Å². The zero-order valence-corrected chi connectivity index (χ0v) is 21.5. The Kier molecular flexibility index (Phi) is 7.95. The lowest BCUT2D eigenvalue weighted by Crippen LogP contribution is -2.30. The number of carbonyl (C=O) groups is 2. The fraction of sp³-hybridized carbons (Fsp3) is 0.393. The fourth-order valence-electron chi connectivity index (χ4n) is 4.02. The topological polar surface area (TPSA) is 103 Å². The van der Waals surface area contributed by atoms with Crippen molar-refractivity contribution in [3.63, 3.8) is 0 Å². The van der Waals surface area contributed by atoms with Gasteiger partial charge in [0.05, 0.1) is 12.6 Å². The van der Waals surface area contributed by atoms with Crippen molar-refractivity contribution in [2.45, 2.75) is 51.8 Å². The summed E-state index contributed by atoms with van der Waals surface area (Å²) in [6, 6.07) is 6.40. The van der Waals surface area contributed by atoms with E-state index < -0.39 is 30.2 Å². The molecular formula is C28H27F4N3O5. The number of alkyl halides is 2. The number of hydrogen-bond acceptors (Lipinski definition) is 6. The van der Waals surface area contributed by atoms with Crippen molar-refractivity contribution in [1.29, 1.82) is 0 Å². The van der Waals surface area contributed by atoms with Crippen molar-refractivity contribution < 1.29 is 41.0 Å². The fourth-order valence-corrected chi connectivity index (χ4v) is 4.02. The third kappa shape index (κ3) is 6.72. The summed E-state index contributed by atoms with van der Waals surface area (Å²) in [4.78, 5) is 29.9. The van der Waals surface area contributed by atoms with Gasteiger partial charge in [0.1, 0.15) is 11.6 Å². The number of carbonyl (C=O) groups excluding carboxylic acids is 2. The van der Waals surface area contributed by atoms with E-state index in [0.29, 0.717) is 24.2 Å². The van der Waals surface area contributed by atoms with Crippen molar-refractivity contribution in [3.8, 4) is 23.0 Å². The Morgan fingerprint density at radius 1 is 1.07 bits per heavy atom. The van der Waals surface area contributed by atoms with Crippen molar-refractivity contribution in [3.05, 3.63) is 65.1 Å². The lowest BCUT2D eigenvalue weighted by molar-refractivity contribution is -0.123. The molecule has 5 rings (SSSR count). The zero-order valence-electron chi connectivity index (χ0n) is 21.5. The summed E-state index contributed by atoms with van der Waals surface area (Å²) in [6.07, 6.45) is 3.51. The molecule has 2 aliphatic carbocycles. The molecule has 12 heteroatoms. The van der Waals surface area contributed by atoms with E-state index in [-0.39, 0.29) is 52.8 Å². The van der Waals surface area contributed by atoms with Gasteiger partial charge < -0.3 is 24.5 Å². The highest BCUT2D eigenvalue weighted by molar-refractivity contribution is 5.94. The van der Waals surface area contributed by atoms with E-state index in [1.165, 1.54) is 24.3 Å². The van der Waals surface area contributed by atoms with Crippen LogP contribution in [0.15, 0.2) is 40.8 Å². The van der Waals surface area contributed by atoms with E-state index in [9.17, 15) is 27.2 Å². The van der Waals surface area contributed by atoms with Crippen LogP contribution in [-0.4, -0.2) is 30.0 Å². The molecule has 2 N–H and O–H groups in total. The molecule has 212 valence electrons. The quantitative estimate of drug-likeness (QED) is 0.282. The molecule has 2 aromatic carbocycles. The van der Waals surface area contributed by atoms with Crippen molar-refractivity contribution in [2.75, 3.05) is 6.61 Å². The Labute approximate surface area is 227 Å². The third-order valence-corrected chi connectivity index (χ3v) is 6.60. The molecule has 2 aliphatic rings. The number of amides is 2. The van der Waals surface area contributed by atoms with Crippen LogP contribution in [0.5, 0.6) is 11.5 Å². The minimum absolute atomic E-state index is 0.0273. The van der Waals surface area contributed by atoms with Crippen LogP contribution in [0.4, 0.5) is 17.6 Å². The molecule has 0 saturated heterocycles. The Hall–Kier alpha value is -4.09. The van der Waals surface area contributed by atoms with E-state index >= 15 is 0 Å². The molecule has 2 fully saturated rings. The highest BCUT2D eigenvalue weighted by Gasteiger charge is 2.33. The molecule has 1 aromatic heterocycles. The summed E-state index contributed by atoms with van der Waals surface area (Å²) >= 11 is 0. The van der Waals surface area contributed by atoms with Crippen LogP contribution in [0.3, 0.4) is 0 Å². The van der Waals surface area contributed by atoms with Gasteiger partial charge in [-0.3, -0.25) is 9.59 Å². The molecule has 1 atom stereocenters. The molecule has 0 unspecified atom stereocenters. The van der Waals surface area contributed by atoms with Crippen molar-refractivity contribution >= 4 is 11.8 Å². The Balaban J connectivity index is 1.43. The van der Waals surface area contributed by atoms with Gasteiger partial charge in [-0.15, -0.1) is 0 Å². The number of halogens is 4. The van der Waals surface area contributed by atoms with Crippen molar-refractivity contribution in [2.24, 2.45) is 11.8 Å². The number of nitrogens with zero attached hydrogens (tertiary/aromatic N) is 1. The Morgan fingerprint density at radius 2 is 1.85 bits per heavy atom. The summed E-state index contributed by atoms with van der Waals surface area (Å²) in [5.74, 6) is -2.30. The zero-order chi connectivity index (χ0) is 28.4. The first-order valence-electron chi connectivity index (χ1n) is 12.9. The number of hydrogen-bond donors (Lipinski definition) is 2. The molecule has 3 aromatic rings. The molecule has 0 bridgehead atoms.